The average molecular weight is 209 g/mol. The molecular formula is C12H19NO2. The fourth-order valence-electron chi connectivity index (χ4n) is 1.39. The maximum Gasteiger partial charge on any atom is 0.123 e. The van der Waals surface area contributed by atoms with Gasteiger partial charge in [-0.25, -0.2) is 0 Å². The highest BCUT2D eigenvalue weighted by atomic mass is 16.5. The Morgan fingerprint density at radius 1 is 1.13 bits per heavy atom. The van der Waals surface area contributed by atoms with Gasteiger partial charge in [0.1, 0.15) is 5.75 Å². The summed E-state index contributed by atoms with van der Waals surface area (Å²) in [4.78, 5) is 0. The molecule has 3 nitrogen and oxygen atoms in total. The number of para-hydroxylation sites is 1. The molecule has 0 amide bonds. The molecule has 0 saturated carbocycles. The highest BCUT2D eigenvalue weighted by Crippen LogP contribution is 2.17. The van der Waals surface area contributed by atoms with Crippen LogP contribution in [0.25, 0.3) is 0 Å². The molecule has 0 spiro atoms. The molecular weight excluding hydrogens is 190 g/mol. The van der Waals surface area contributed by atoms with E-state index in [1.54, 1.807) is 0 Å². The van der Waals surface area contributed by atoms with Gasteiger partial charge >= 0.3 is 0 Å². The predicted octanol–water partition coefficient (Wildman–Crippen LogP) is 1.69. The monoisotopic (exact) mass is 209 g/mol. The van der Waals surface area contributed by atoms with Crippen LogP contribution in [0, 0.1) is 0 Å². The van der Waals surface area contributed by atoms with Gasteiger partial charge in [0, 0.05) is 18.7 Å². The smallest absolute Gasteiger partial charge is 0.123 e. The van der Waals surface area contributed by atoms with E-state index < -0.39 is 0 Å². The number of benzene rings is 1. The molecule has 0 aromatic heterocycles. The maximum atomic E-state index is 8.61. The Bertz CT molecular complexity index is 276. The van der Waals surface area contributed by atoms with E-state index in [4.69, 9.17) is 15.6 Å². The standard InChI is InChI=1S/C12H19NO2/c13-10-11-6-2-3-7-12(11)15-9-5-1-4-8-14/h2-3,6-7,14H,1,4-5,8-10,13H2. The molecule has 0 unspecified atom stereocenters. The van der Waals surface area contributed by atoms with Gasteiger partial charge in [-0.2, -0.15) is 0 Å². The number of hydrogen-bond acceptors (Lipinski definition) is 3. The predicted molar refractivity (Wildman–Crippen MR) is 60.8 cm³/mol. The van der Waals surface area contributed by atoms with Gasteiger partial charge in [-0.1, -0.05) is 18.2 Å². The van der Waals surface area contributed by atoms with Gasteiger partial charge in [-0.15, -0.1) is 0 Å². The van der Waals surface area contributed by atoms with Crippen molar-refractivity contribution in [1.29, 1.82) is 0 Å². The molecule has 0 aliphatic carbocycles. The van der Waals surface area contributed by atoms with E-state index in [2.05, 4.69) is 0 Å². The minimum absolute atomic E-state index is 0.263. The molecule has 84 valence electrons. The topological polar surface area (TPSA) is 55.5 Å². The van der Waals surface area contributed by atoms with Crippen molar-refractivity contribution in [3.63, 3.8) is 0 Å². The Balaban J connectivity index is 2.30. The molecule has 0 heterocycles. The summed E-state index contributed by atoms with van der Waals surface area (Å²) in [6, 6.07) is 7.82. The molecule has 15 heavy (non-hydrogen) atoms. The molecule has 0 bridgehead atoms. The Morgan fingerprint density at radius 2 is 1.93 bits per heavy atom. The highest BCUT2D eigenvalue weighted by Gasteiger charge is 1.99. The molecule has 0 fully saturated rings. The van der Waals surface area contributed by atoms with Crippen molar-refractivity contribution in [2.75, 3.05) is 13.2 Å². The first kappa shape index (κ1) is 12.0. The van der Waals surface area contributed by atoms with Crippen LogP contribution in [0.1, 0.15) is 24.8 Å². The van der Waals surface area contributed by atoms with E-state index in [9.17, 15) is 0 Å². The second-order valence-corrected chi connectivity index (χ2v) is 3.44. The van der Waals surface area contributed by atoms with E-state index >= 15 is 0 Å². The lowest BCUT2D eigenvalue weighted by atomic mass is 10.2. The summed E-state index contributed by atoms with van der Waals surface area (Å²) in [5.74, 6) is 0.879. The number of hydrogen-bond donors (Lipinski definition) is 2. The van der Waals surface area contributed by atoms with Crippen LogP contribution >= 0.6 is 0 Å². The Labute approximate surface area is 90.9 Å². The number of aliphatic hydroxyl groups is 1. The first-order valence-corrected chi connectivity index (χ1v) is 5.40. The fraction of sp³-hybridized carbons (Fsp3) is 0.500. The number of rotatable bonds is 7. The zero-order valence-electron chi connectivity index (χ0n) is 8.98. The molecule has 0 aliphatic rings. The Kier molecular flexibility index (Phi) is 5.81. The lowest BCUT2D eigenvalue weighted by Crippen LogP contribution is -2.03. The van der Waals surface area contributed by atoms with Crippen molar-refractivity contribution in [3.05, 3.63) is 29.8 Å². The van der Waals surface area contributed by atoms with E-state index in [0.29, 0.717) is 13.2 Å². The first-order valence-electron chi connectivity index (χ1n) is 5.40. The summed E-state index contributed by atoms with van der Waals surface area (Å²) in [5.41, 5.74) is 6.63. The molecule has 0 atom stereocenters. The van der Waals surface area contributed by atoms with Gasteiger partial charge in [0.2, 0.25) is 0 Å². The van der Waals surface area contributed by atoms with E-state index in [-0.39, 0.29) is 6.61 Å². The second kappa shape index (κ2) is 7.26. The summed E-state index contributed by atoms with van der Waals surface area (Å²) in [5, 5.41) is 8.61. The van der Waals surface area contributed by atoms with Crippen LogP contribution in [0.2, 0.25) is 0 Å². The number of aliphatic hydroxyl groups excluding tert-OH is 1. The summed E-state index contributed by atoms with van der Waals surface area (Å²) in [6.07, 6.45) is 2.82. The van der Waals surface area contributed by atoms with Gasteiger partial charge in [0.05, 0.1) is 6.61 Å². The maximum absolute atomic E-state index is 8.61. The number of unbranched alkanes of at least 4 members (excludes halogenated alkanes) is 2. The van der Waals surface area contributed by atoms with Crippen molar-refractivity contribution < 1.29 is 9.84 Å². The Morgan fingerprint density at radius 3 is 2.67 bits per heavy atom. The van der Waals surface area contributed by atoms with Crippen LogP contribution in [-0.4, -0.2) is 18.3 Å². The normalized spacial score (nSPS) is 10.3. The SMILES string of the molecule is NCc1ccccc1OCCCCCO. The summed E-state index contributed by atoms with van der Waals surface area (Å²) < 4.78 is 5.61. The summed E-state index contributed by atoms with van der Waals surface area (Å²) >= 11 is 0. The van der Waals surface area contributed by atoms with Crippen LogP contribution in [0.15, 0.2) is 24.3 Å². The van der Waals surface area contributed by atoms with Crippen LogP contribution < -0.4 is 10.5 Å². The third kappa shape index (κ3) is 4.32. The molecule has 0 aliphatic heterocycles. The average Bonchev–Trinajstić information content (AvgIpc) is 2.29. The van der Waals surface area contributed by atoms with Crippen molar-refractivity contribution in [1.82, 2.24) is 0 Å². The largest absolute Gasteiger partial charge is 0.493 e. The zero-order chi connectivity index (χ0) is 10.9. The van der Waals surface area contributed by atoms with Crippen molar-refractivity contribution >= 4 is 0 Å². The van der Waals surface area contributed by atoms with Crippen LogP contribution in [0.3, 0.4) is 0 Å². The van der Waals surface area contributed by atoms with Crippen LogP contribution in [-0.2, 0) is 6.54 Å². The molecule has 1 aromatic rings. The zero-order valence-corrected chi connectivity index (χ0v) is 8.98. The van der Waals surface area contributed by atoms with Crippen LogP contribution in [0.4, 0.5) is 0 Å². The van der Waals surface area contributed by atoms with Gasteiger partial charge in [-0.3, -0.25) is 0 Å². The Hall–Kier alpha value is -1.06. The van der Waals surface area contributed by atoms with Gasteiger partial charge < -0.3 is 15.6 Å². The van der Waals surface area contributed by atoms with E-state index in [0.717, 1.165) is 30.6 Å². The van der Waals surface area contributed by atoms with E-state index in [1.807, 2.05) is 24.3 Å². The molecule has 1 aromatic carbocycles. The van der Waals surface area contributed by atoms with Gasteiger partial charge in [0.15, 0.2) is 0 Å². The summed E-state index contributed by atoms with van der Waals surface area (Å²) in [7, 11) is 0. The number of ether oxygens (including phenoxy) is 1. The quantitative estimate of drug-likeness (QED) is 0.672. The second-order valence-electron chi connectivity index (χ2n) is 3.44. The van der Waals surface area contributed by atoms with Crippen LogP contribution in [0.5, 0.6) is 5.75 Å². The summed E-state index contributed by atoms with van der Waals surface area (Å²) in [6.45, 7) is 1.46. The first-order chi connectivity index (χ1) is 7.38. The molecule has 3 N–H and O–H groups in total. The third-order valence-electron chi connectivity index (χ3n) is 2.25. The lowest BCUT2D eigenvalue weighted by molar-refractivity contribution is 0.265. The van der Waals surface area contributed by atoms with Gasteiger partial charge in [-0.05, 0) is 25.3 Å². The van der Waals surface area contributed by atoms with Crippen molar-refractivity contribution in [2.24, 2.45) is 5.73 Å². The fourth-order valence-corrected chi connectivity index (χ4v) is 1.39. The lowest BCUT2D eigenvalue weighted by Gasteiger charge is -2.09. The molecule has 1 rings (SSSR count). The van der Waals surface area contributed by atoms with Crippen molar-refractivity contribution in [3.8, 4) is 5.75 Å². The third-order valence-corrected chi connectivity index (χ3v) is 2.25. The molecule has 0 radical (unpaired) electrons. The minimum Gasteiger partial charge on any atom is -0.493 e. The number of nitrogens with two attached hydrogens (primary N) is 1. The molecule has 3 heteroatoms. The molecule has 0 saturated heterocycles. The highest BCUT2D eigenvalue weighted by molar-refractivity contribution is 5.32. The van der Waals surface area contributed by atoms with E-state index in [1.165, 1.54) is 0 Å². The van der Waals surface area contributed by atoms with Crippen molar-refractivity contribution in [2.45, 2.75) is 25.8 Å². The van der Waals surface area contributed by atoms with Gasteiger partial charge in [0.25, 0.3) is 0 Å². The minimum atomic E-state index is 0.263.